The van der Waals surface area contributed by atoms with E-state index in [9.17, 15) is 14.4 Å². The standard InChI is InChI=1S/C36H39N7O3/c1-22-12-24(13-26-21-39-42-31(22)26)15-29-34(45)43(2)11-9-7-5-3-4-6-8-10-23-14-28-32(38-19-23)41-35(46)36(28)17-25-16-27(33(44)40-29)20-37-30(25)18-36/h8,10,12-14,16,19-21,29H,3-7,9,11,15,17-18H2,1-2H3,(H,39,42)(H,40,44)(H,38,41,46)/t29-,36+/m1/s1. The number of amides is 3. The molecule has 1 aliphatic carbocycles. The first-order valence-corrected chi connectivity index (χ1v) is 16.3. The van der Waals surface area contributed by atoms with E-state index in [0.29, 0.717) is 37.2 Å². The van der Waals surface area contributed by atoms with Gasteiger partial charge in [0.2, 0.25) is 11.8 Å². The van der Waals surface area contributed by atoms with Crippen molar-refractivity contribution in [2.45, 2.75) is 76.2 Å². The molecule has 3 N–H and O–H groups in total. The minimum atomic E-state index is -0.807. The number of rotatable bonds is 2. The Morgan fingerprint density at radius 2 is 1.80 bits per heavy atom. The number of hydrogen-bond donors (Lipinski definition) is 3. The van der Waals surface area contributed by atoms with Gasteiger partial charge in [-0.3, -0.25) is 24.5 Å². The van der Waals surface area contributed by atoms with Gasteiger partial charge >= 0.3 is 0 Å². The number of nitrogens with zero attached hydrogens (tertiary/aromatic N) is 4. The molecule has 236 valence electrons. The number of H-pyrrole nitrogens is 1. The van der Waals surface area contributed by atoms with E-state index in [1.165, 1.54) is 0 Å². The first-order chi connectivity index (χ1) is 22.3. The van der Waals surface area contributed by atoms with Crippen LogP contribution < -0.4 is 10.6 Å². The van der Waals surface area contributed by atoms with Gasteiger partial charge in [-0.05, 0) is 73.1 Å². The van der Waals surface area contributed by atoms with E-state index in [2.05, 4.69) is 49.0 Å². The molecule has 3 aliphatic rings. The second kappa shape index (κ2) is 12.2. The number of hydrogen-bond acceptors (Lipinski definition) is 6. The molecule has 2 atom stereocenters. The third-order valence-corrected chi connectivity index (χ3v) is 9.77. The number of carbonyl (C=O) groups excluding carboxylic acids is 3. The number of aromatic amines is 1. The second-order valence-electron chi connectivity index (χ2n) is 13.1. The lowest BCUT2D eigenvalue weighted by Crippen LogP contribution is -2.48. The highest BCUT2D eigenvalue weighted by atomic mass is 16.2. The zero-order chi connectivity index (χ0) is 31.8. The van der Waals surface area contributed by atoms with Crippen molar-refractivity contribution in [1.82, 2.24) is 30.4 Å². The molecule has 4 aromatic rings. The third-order valence-electron chi connectivity index (χ3n) is 9.77. The van der Waals surface area contributed by atoms with Crippen LogP contribution in [0.5, 0.6) is 0 Å². The summed E-state index contributed by atoms with van der Waals surface area (Å²) in [5, 5.41) is 14.2. The zero-order valence-corrected chi connectivity index (χ0v) is 26.4. The van der Waals surface area contributed by atoms with Gasteiger partial charge in [-0.15, -0.1) is 0 Å². The molecule has 2 aliphatic heterocycles. The molecule has 1 aromatic carbocycles. The number of allylic oxidation sites excluding steroid dienone is 1. The SMILES string of the molecule is Cc1cc(C[C@H]2NC(=O)c3cnc4c(c3)C[C@@]3(C4)C(=O)Nc4ncc(cc43)C=CCCCCCCCN(C)C2=O)cc2cn[nH]c12. The molecule has 10 nitrogen and oxygen atoms in total. The van der Waals surface area contributed by atoms with E-state index in [0.717, 1.165) is 82.9 Å². The summed E-state index contributed by atoms with van der Waals surface area (Å²) in [4.78, 5) is 52.1. The highest BCUT2D eigenvalue weighted by molar-refractivity contribution is 6.06. The summed E-state index contributed by atoms with van der Waals surface area (Å²) in [5.41, 5.74) is 6.01. The first kappa shape index (κ1) is 29.8. The van der Waals surface area contributed by atoms with Gasteiger partial charge in [0.05, 0.1) is 22.7 Å². The Bertz CT molecular complexity index is 1880. The van der Waals surface area contributed by atoms with Crippen LogP contribution >= 0.6 is 0 Å². The van der Waals surface area contributed by atoms with Crippen LogP contribution in [-0.2, 0) is 34.3 Å². The summed E-state index contributed by atoms with van der Waals surface area (Å²) in [6.45, 7) is 2.63. The Labute approximate surface area is 268 Å². The Balaban J connectivity index is 1.20. The molecular weight excluding hydrogens is 578 g/mol. The molecule has 5 heterocycles. The lowest BCUT2D eigenvalue weighted by Gasteiger charge is -2.25. The molecule has 0 fully saturated rings. The lowest BCUT2D eigenvalue weighted by molar-refractivity contribution is -0.132. The number of benzene rings is 1. The molecule has 10 heteroatoms. The highest BCUT2D eigenvalue weighted by Crippen LogP contribution is 2.46. The number of aromatic nitrogens is 4. The molecule has 3 aromatic heterocycles. The Morgan fingerprint density at radius 3 is 2.70 bits per heavy atom. The monoisotopic (exact) mass is 617 g/mol. The predicted octanol–water partition coefficient (Wildman–Crippen LogP) is 4.82. The number of anilines is 1. The average molecular weight is 618 g/mol. The maximum atomic E-state index is 13.9. The molecule has 7 rings (SSSR count). The molecule has 0 unspecified atom stereocenters. The van der Waals surface area contributed by atoms with Crippen molar-refractivity contribution in [1.29, 1.82) is 0 Å². The van der Waals surface area contributed by atoms with Crippen molar-refractivity contribution in [2.75, 3.05) is 18.9 Å². The molecule has 0 radical (unpaired) electrons. The van der Waals surface area contributed by atoms with Gasteiger partial charge in [0.15, 0.2) is 0 Å². The van der Waals surface area contributed by atoms with Gasteiger partial charge in [-0.2, -0.15) is 5.10 Å². The van der Waals surface area contributed by atoms with E-state index in [1.54, 1.807) is 23.5 Å². The molecular formula is C36H39N7O3. The molecule has 0 saturated carbocycles. The quantitative estimate of drug-likeness (QED) is 0.296. The summed E-state index contributed by atoms with van der Waals surface area (Å²) in [6.07, 6.45) is 16.8. The van der Waals surface area contributed by atoms with E-state index >= 15 is 0 Å². The van der Waals surface area contributed by atoms with Gasteiger partial charge in [0, 0.05) is 55.5 Å². The summed E-state index contributed by atoms with van der Waals surface area (Å²) >= 11 is 0. The molecule has 5 bridgehead atoms. The molecule has 3 amide bonds. The molecule has 46 heavy (non-hydrogen) atoms. The zero-order valence-electron chi connectivity index (χ0n) is 26.4. The molecule has 0 saturated heterocycles. The fourth-order valence-electron chi connectivity index (χ4n) is 7.23. The van der Waals surface area contributed by atoms with Gasteiger partial charge in [0.25, 0.3) is 5.91 Å². The van der Waals surface area contributed by atoms with E-state index in [1.807, 2.05) is 32.2 Å². The van der Waals surface area contributed by atoms with E-state index in [4.69, 9.17) is 0 Å². The number of pyridine rings is 2. The van der Waals surface area contributed by atoms with Crippen LogP contribution in [0.2, 0.25) is 0 Å². The Hall–Kier alpha value is -4.86. The largest absolute Gasteiger partial charge is 0.344 e. The number of likely N-dealkylation sites (N-methyl/N-ethyl adjacent to an activating group) is 1. The maximum absolute atomic E-state index is 13.9. The van der Waals surface area contributed by atoms with Crippen LogP contribution in [0.1, 0.15) is 82.4 Å². The Morgan fingerprint density at radius 1 is 0.957 bits per heavy atom. The third kappa shape index (κ3) is 5.57. The normalized spacial score (nSPS) is 22.1. The van der Waals surface area contributed by atoms with Crippen molar-refractivity contribution in [2.24, 2.45) is 0 Å². The minimum Gasteiger partial charge on any atom is -0.344 e. The van der Waals surface area contributed by atoms with Crippen LogP contribution in [-0.4, -0.2) is 62.4 Å². The van der Waals surface area contributed by atoms with Gasteiger partial charge < -0.3 is 15.5 Å². The summed E-state index contributed by atoms with van der Waals surface area (Å²) in [6, 6.07) is 7.19. The van der Waals surface area contributed by atoms with Crippen LogP contribution in [0.4, 0.5) is 5.82 Å². The highest BCUT2D eigenvalue weighted by Gasteiger charge is 2.52. The Kier molecular flexibility index (Phi) is 7.88. The van der Waals surface area contributed by atoms with Crippen LogP contribution in [0.25, 0.3) is 17.0 Å². The smallest absolute Gasteiger partial charge is 0.253 e. The van der Waals surface area contributed by atoms with Gasteiger partial charge in [-0.25, -0.2) is 4.98 Å². The summed E-state index contributed by atoms with van der Waals surface area (Å²) < 4.78 is 0. The fourth-order valence-corrected chi connectivity index (χ4v) is 7.23. The van der Waals surface area contributed by atoms with Crippen molar-refractivity contribution < 1.29 is 14.4 Å². The summed E-state index contributed by atoms with van der Waals surface area (Å²) in [7, 11) is 1.82. The topological polar surface area (TPSA) is 133 Å². The van der Waals surface area contributed by atoms with Gasteiger partial charge in [-0.1, -0.05) is 37.5 Å². The first-order valence-electron chi connectivity index (χ1n) is 16.3. The number of carbonyl (C=O) groups is 3. The number of nitrogens with one attached hydrogen (secondary N) is 3. The van der Waals surface area contributed by atoms with Crippen LogP contribution in [0.3, 0.4) is 0 Å². The molecule has 1 spiro atoms. The minimum absolute atomic E-state index is 0.0897. The summed E-state index contributed by atoms with van der Waals surface area (Å²) in [5.74, 6) is 0.0164. The second-order valence-corrected chi connectivity index (χ2v) is 13.1. The van der Waals surface area contributed by atoms with E-state index < -0.39 is 11.5 Å². The van der Waals surface area contributed by atoms with Crippen molar-refractivity contribution >= 4 is 40.5 Å². The number of fused-ring (bicyclic) bond motifs is 3. The maximum Gasteiger partial charge on any atom is 0.253 e. The number of aryl methyl sites for hydroxylation is 1. The van der Waals surface area contributed by atoms with Crippen LogP contribution in [0.15, 0.2) is 48.9 Å². The van der Waals surface area contributed by atoms with Crippen LogP contribution in [0, 0.1) is 6.92 Å². The van der Waals surface area contributed by atoms with E-state index in [-0.39, 0.29) is 17.7 Å². The fraction of sp³-hybridized carbons (Fsp3) is 0.389. The van der Waals surface area contributed by atoms with Gasteiger partial charge in [0.1, 0.15) is 11.9 Å². The average Bonchev–Trinajstić information content (AvgIpc) is 3.75. The lowest BCUT2D eigenvalue weighted by atomic mass is 9.79. The predicted molar refractivity (Wildman–Crippen MR) is 176 cm³/mol. The van der Waals surface area contributed by atoms with Crippen molar-refractivity contribution in [3.05, 3.63) is 88.0 Å². The van der Waals surface area contributed by atoms with Crippen molar-refractivity contribution in [3.8, 4) is 0 Å². The van der Waals surface area contributed by atoms with Crippen molar-refractivity contribution in [3.63, 3.8) is 0 Å².